The first kappa shape index (κ1) is 21.1. The van der Waals surface area contributed by atoms with E-state index in [2.05, 4.69) is 16.3 Å². The molecule has 3 N–H and O–H groups in total. The molecule has 1 aromatic carbocycles. The fraction of sp³-hybridized carbons (Fsp3) is 0.682. The molecule has 1 saturated heterocycles. The molecule has 28 heavy (non-hydrogen) atoms. The fourth-order valence-corrected chi connectivity index (χ4v) is 4.60. The minimum absolute atomic E-state index is 0.0249. The van der Waals surface area contributed by atoms with Gasteiger partial charge in [-0.1, -0.05) is 32.0 Å². The van der Waals surface area contributed by atoms with E-state index in [-0.39, 0.29) is 23.5 Å². The lowest BCUT2D eigenvalue weighted by atomic mass is 9.54. The second kappa shape index (κ2) is 8.39. The summed E-state index contributed by atoms with van der Waals surface area (Å²) < 4.78 is 11.3. The van der Waals surface area contributed by atoms with Gasteiger partial charge in [-0.2, -0.15) is 0 Å². The number of carbonyl (C=O) groups is 1. The van der Waals surface area contributed by atoms with Crippen molar-refractivity contribution in [3.63, 3.8) is 0 Å². The smallest absolute Gasteiger partial charge is 0.240 e. The van der Waals surface area contributed by atoms with Crippen LogP contribution in [0.1, 0.15) is 51.6 Å². The van der Waals surface area contributed by atoms with Crippen LogP contribution in [0.2, 0.25) is 0 Å². The van der Waals surface area contributed by atoms with Gasteiger partial charge in [0.25, 0.3) is 0 Å². The Hall–Kier alpha value is -1.63. The number of nitrogens with two attached hydrogens (primary N) is 1. The highest BCUT2D eigenvalue weighted by Gasteiger charge is 2.62. The van der Waals surface area contributed by atoms with Crippen LogP contribution in [0.3, 0.4) is 0 Å². The number of nitrogens with zero attached hydrogens (tertiary/aromatic N) is 1. The van der Waals surface area contributed by atoms with Gasteiger partial charge >= 0.3 is 0 Å². The zero-order chi connectivity index (χ0) is 20.4. The quantitative estimate of drug-likeness (QED) is 0.714. The van der Waals surface area contributed by atoms with Gasteiger partial charge in [0.2, 0.25) is 5.91 Å². The van der Waals surface area contributed by atoms with Gasteiger partial charge in [0.05, 0.1) is 19.3 Å². The number of nitrogens with one attached hydrogen (secondary N) is 1. The van der Waals surface area contributed by atoms with E-state index in [1.165, 1.54) is 12.8 Å². The number of benzene rings is 1. The molecular formula is C22H35N3O3. The molecule has 0 radical (unpaired) electrons. The minimum atomic E-state index is -0.900. The standard InChI is InChI=1S/C22H35N3O3/c1-5-28-19-14-22(23,21(19,2)3)20(26)24-15-17(25-12-8-9-13-25)16-10-6-7-11-18(16)27-4/h6-7,10-11,17,19H,5,8-9,12-15,23H2,1-4H3,(H,24,26). The Kier molecular flexibility index (Phi) is 6.32. The van der Waals surface area contributed by atoms with E-state index in [1.54, 1.807) is 7.11 Å². The largest absolute Gasteiger partial charge is 0.496 e. The molecule has 0 aromatic heterocycles. The molecule has 1 amide bonds. The topological polar surface area (TPSA) is 76.8 Å². The first-order valence-electron chi connectivity index (χ1n) is 10.4. The summed E-state index contributed by atoms with van der Waals surface area (Å²) in [7, 11) is 1.69. The van der Waals surface area contributed by atoms with Gasteiger partial charge in [0.1, 0.15) is 11.3 Å². The molecule has 156 valence electrons. The van der Waals surface area contributed by atoms with Crippen LogP contribution >= 0.6 is 0 Å². The molecule has 1 saturated carbocycles. The molecule has 3 atom stereocenters. The molecule has 6 heteroatoms. The average Bonchev–Trinajstić information content (AvgIpc) is 3.22. The maximum atomic E-state index is 13.1. The molecule has 1 aliphatic carbocycles. The molecule has 0 spiro atoms. The van der Waals surface area contributed by atoms with Gasteiger partial charge in [0, 0.05) is 30.6 Å². The Balaban J connectivity index is 1.73. The van der Waals surface area contributed by atoms with Crippen molar-refractivity contribution in [1.82, 2.24) is 10.2 Å². The summed E-state index contributed by atoms with van der Waals surface area (Å²) in [5.41, 5.74) is 6.37. The molecule has 1 aliphatic heterocycles. The number of likely N-dealkylation sites (tertiary alicyclic amines) is 1. The van der Waals surface area contributed by atoms with E-state index >= 15 is 0 Å². The Morgan fingerprint density at radius 2 is 2.00 bits per heavy atom. The monoisotopic (exact) mass is 389 g/mol. The molecule has 3 unspecified atom stereocenters. The predicted octanol–water partition coefficient (Wildman–Crippen LogP) is 2.48. The van der Waals surface area contributed by atoms with Crippen LogP contribution in [0.5, 0.6) is 5.75 Å². The minimum Gasteiger partial charge on any atom is -0.496 e. The number of methoxy groups -OCH3 is 1. The molecule has 6 nitrogen and oxygen atoms in total. The van der Waals surface area contributed by atoms with E-state index in [4.69, 9.17) is 15.2 Å². The average molecular weight is 390 g/mol. The number of rotatable bonds is 8. The first-order valence-corrected chi connectivity index (χ1v) is 10.4. The maximum Gasteiger partial charge on any atom is 0.240 e. The summed E-state index contributed by atoms with van der Waals surface area (Å²) >= 11 is 0. The summed E-state index contributed by atoms with van der Waals surface area (Å²) in [5, 5.41) is 3.15. The highest BCUT2D eigenvalue weighted by Crippen LogP contribution is 2.49. The van der Waals surface area contributed by atoms with Gasteiger partial charge < -0.3 is 20.5 Å². The number of amides is 1. The summed E-state index contributed by atoms with van der Waals surface area (Å²) in [6.07, 6.45) is 2.95. The fourth-order valence-electron chi connectivity index (χ4n) is 4.60. The number of para-hydroxylation sites is 1. The van der Waals surface area contributed by atoms with Gasteiger partial charge in [-0.3, -0.25) is 9.69 Å². The molecule has 0 bridgehead atoms. The Bertz CT molecular complexity index is 687. The van der Waals surface area contributed by atoms with Crippen LogP contribution in [0.25, 0.3) is 0 Å². The lowest BCUT2D eigenvalue weighted by molar-refractivity contribution is -0.170. The van der Waals surface area contributed by atoms with Crippen molar-refractivity contribution in [1.29, 1.82) is 0 Å². The van der Waals surface area contributed by atoms with E-state index in [9.17, 15) is 4.79 Å². The van der Waals surface area contributed by atoms with Crippen LogP contribution < -0.4 is 15.8 Å². The Morgan fingerprint density at radius 3 is 2.61 bits per heavy atom. The van der Waals surface area contributed by atoms with Crippen molar-refractivity contribution < 1.29 is 14.3 Å². The van der Waals surface area contributed by atoms with E-state index < -0.39 is 5.54 Å². The lowest BCUT2D eigenvalue weighted by Gasteiger charge is -2.57. The van der Waals surface area contributed by atoms with Crippen molar-refractivity contribution >= 4 is 5.91 Å². The molecule has 2 aliphatic rings. The van der Waals surface area contributed by atoms with Crippen molar-refractivity contribution in [2.75, 3.05) is 33.4 Å². The van der Waals surface area contributed by atoms with Crippen molar-refractivity contribution in [2.24, 2.45) is 11.1 Å². The summed E-state index contributed by atoms with van der Waals surface area (Å²) in [6, 6.07) is 8.14. The maximum absolute atomic E-state index is 13.1. The Morgan fingerprint density at radius 1 is 1.32 bits per heavy atom. The number of hydrogen-bond acceptors (Lipinski definition) is 5. The normalized spacial score (nSPS) is 27.8. The van der Waals surface area contributed by atoms with Gasteiger partial charge in [-0.15, -0.1) is 0 Å². The molecule has 3 rings (SSSR count). The zero-order valence-corrected chi connectivity index (χ0v) is 17.7. The summed E-state index contributed by atoms with van der Waals surface area (Å²) in [6.45, 7) is 9.24. The van der Waals surface area contributed by atoms with Crippen molar-refractivity contribution in [2.45, 2.75) is 57.7 Å². The zero-order valence-electron chi connectivity index (χ0n) is 17.7. The summed E-state index contributed by atoms with van der Waals surface area (Å²) in [4.78, 5) is 15.5. The molecule has 1 aromatic rings. The second-order valence-corrected chi connectivity index (χ2v) is 8.55. The molecule has 2 fully saturated rings. The van der Waals surface area contributed by atoms with E-state index in [0.29, 0.717) is 19.6 Å². The van der Waals surface area contributed by atoms with Crippen molar-refractivity contribution in [3.8, 4) is 5.75 Å². The van der Waals surface area contributed by atoms with Crippen LogP contribution in [-0.2, 0) is 9.53 Å². The third-order valence-electron chi connectivity index (χ3n) is 6.77. The SMILES string of the molecule is CCOC1CC(N)(C(=O)NCC(c2ccccc2OC)N2CCCC2)C1(C)C. The molecular weight excluding hydrogens is 354 g/mol. The van der Waals surface area contributed by atoms with Gasteiger partial charge in [0.15, 0.2) is 0 Å². The third kappa shape index (κ3) is 3.65. The third-order valence-corrected chi connectivity index (χ3v) is 6.77. The number of ether oxygens (including phenoxy) is 2. The first-order chi connectivity index (χ1) is 13.3. The van der Waals surface area contributed by atoms with Gasteiger partial charge in [-0.25, -0.2) is 0 Å². The van der Waals surface area contributed by atoms with E-state index in [0.717, 1.165) is 24.4 Å². The molecule has 1 heterocycles. The van der Waals surface area contributed by atoms with Crippen LogP contribution in [0.4, 0.5) is 0 Å². The summed E-state index contributed by atoms with van der Waals surface area (Å²) in [5.74, 6) is 0.768. The number of hydrogen-bond donors (Lipinski definition) is 2. The highest BCUT2D eigenvalue weighted by molar-refractivity contribution is 5.88. The number of carbonyl (C=O) groups excluding carboxylic acids is 1. The Labute approximate surface area is 168 Å². The van der Waals surface area contributed by atoms with Crippen LogP contribution in [0, 0.1) is 5.41 Å². The van der Waals surface area contributed by atoms with Gasteiger partial charge in [-0.05, 0) is 38.9 Å². The van der Waals surface area contributed by atoms with E-state index in [1.807, 2.05) is 39.0 Å². The second-order valence-electron chi connectivity index (χ2n) is 8.55. The van der Waals surface area contributed by atoms with Crippen LogP contribution in [-0.4, -0.2) is 55.8 Å². The lowest BCUT2D eigenvalue weighted by Crippen LogP contribution is -2.76. The van der Waals surface area contributed by atoms with Crippen LogP contribution in [0.15, 0.2) is 24.3 Å². The van der Waals surface area contributed by atoms with Crippen molar-refractivity contribution in [3.05, 3.63) is 29.8 Å². The highest BCUT2D eigenvalue weighted by atomic mass is 16.5. The predicted molar refractivity (Wildman–Crippen MR) is 110 cm³/mol.